The molecule has 11 nitrogen and oxygen atoms in total. The van der Waals surface area contributed by atoms with E-state index >= 15 is 0 Å². The van der Waals surface area contributed by atoms with Gasteiger partial charge in [0.1, 0.15) is 16.9 Å². The van der Waals surface area contributed by atoms with Crippen molar-refractivity contribution >= 4 is 51.2 Å². The highest BCUT2D eigenvalue weighted by Crippen LogP contribution is 2.36. The highest BCUT2D eigenvalue weighted by atomic mass is 16.6. The summed E-state index contributed by atoms with van der Waals surface area (Å²) in [6.07, 6.45) is 0. The zero-order valence-corrected chi connectivity index (χ0v) is 18.5. The third-order valence-corrected chi connectivity index (χ3v) is 5.09. The van der Waals surface area contributed by atoms with Crippen molar-refractivity contribution in [1.82, 2.24) is 0 Å². The monoisotopic (exact) mass is 478 g/mol. The van der Waals surface area contributed by atoms with E-state index in [1.54, 1.807) is 12.1 Å². The Morgan fingerprint density at radius 2 is 1.66 bits per heavy atom. The van der Waals surface area contributed by atoms with Crippen LogP contribution in [0.15, 0.2) is 59.0 Å². The number of hydrogen-bond acceptors (Lipinski definition) is 9. The van der Waals surface area contributed by atoms with E-state index in [4.69, 9.17) is 13.9 Å². The Balaban J connectivity index is 1.51. The van der Waals surface area contributed by atoms with E-state index in [9.17, 15) is 24.5 Å². The van der Waals surface area contributed by atoms with Crippen molar-refractivity contribution in [3.05, 3.63) is 75.8 Å². The average molecular weight is 478 g/mol. The van der Waals surface area contributed by atoms with Crippen LogP contribution in [0, 0.1) is 10.1 Å². The van der Waals surface area contributed by atoms with Crippen LogP contribution >= 0.6 is 0 Å². The maximum Gasteiger partial charge on any atom is 0.338 e. The molecule has 11 heteroatoms. The fourth-order valence-corrected chi connectivity index (χ4v) is 3.49. The Bertz CT molecular complexity index is 1490. The predicted octanol–water partition coefficient (Wildman–Crippen LogP) is 4.08. The Morgan fingerprint density at radius 3 is 2.34 bits per heavy atom. The summed E-state index contributed by atoms with van der Waals surface area (Å²) < 4.78 is 20.7. The summed E-state index contributed by atoms with van der Waals surface area (Å²) in [6, 6.07) is 13.7. The van der Waals surface area contributed by atoms with Gasteiger partial charge in [-0.3, -0.25) is 14.9 Å². The summed E-state index contributed by atoms with van der Waals surface area (Å²) in [4.78, 5) is 47.0. The molecule has 178 valence electrons. The number of amides is 1. The highest BCUT2D eigenvalue weighted by molar-refractivity contribution is 6.08. The number of para-hydroxylation sites is 1. The van der Waals surface area contributed by atoms with Gasteiger partial charge in [0.2, 0.25) is 0 Å². The van der Waals surface area contributed by atoms with Crippen LogP contribution in [0.2, 0.25) is 0 Å². The number of fused-ring (bicyclic) bond motifs is 3. The second-order valence-electron chi connectivity index (χ2n) is 7.29. The second kappa shape index (κ2) is 9.51. The molecule has 1 aromatic heterocycles. The lowest BCUT2D eigenvalue weighted by Gasteiger charge is -2.11. The molecule has 0 aliphatic heterocycles. The number of furan rings is 1. The van der Waals surface area contributed by atoms with Gasteiger partial charge in [0.25, 0.3) is 11.6 Å². The van der Waals surface area contributed by atoms with Crippen molar-refractivity contribution in [2.45, 2.75) is 0 Å². The van der Waals surface area contributed by atoms with Crippen molar-refractivity contribution in [2.24, 2.45) is 0 Å². The van der Waals surface area contributed by atoms with Crippen LogP contribution in [-0.2, 0) is 14.3 Å². The molecule has 0 atom stereocenters. The van der Waals surface area contributed by atoms with Crippen molar-refractivity contribution in [3.8, 4) is 5.75 Å². The zero-order chi connectivity index (χ0) is 25.1. The van der Waals surface area contributed by atoms with Gasteiger partial charge in [-0.05, 0) is 18.2 Å². The summed E-state index contributed by atoms with van der Waals surface area (Å²) in [5.74, 6) is -2.22. The molecule has 0 radical (unpaired) electrons. The Hall–Kier alpha value is -4.93. The second-order valence-corrected chi connectivity index (χ2v) is 7.29. The number of rotatable bonds is 7. The van der Waals surface area contributed by atoms with Crippen LogP contribution < -0.4 is 10.1 Å². The summed E-state index contributed by atoms with van der Waals surface area (Å²) in [5, 5.41) is 15.4. The molecule has 0 spiro atoms. The molecule has 3 aromatic carbocycles. The number of carbonyl (C=O) groups excluding carboxylic acids is 3. The first kappa shape index (κ1) is 23.2. The van der Waals surface area contributed by atoms with Gasteiger partial charge in [0.05, 0.1) is 36.0 Å². The number of carbonyl (C=O) groups is 3. The zero-order valence-electron chi connectivity index (χ0n) is 18.5. The molecule has 0 saturated heterocycles. The molecule has 35 heavy (non-hydrogen) atoms. The molecule has 0 saturated carbocycles. The van der Waals surface area contributed by atoms with E-state index in [0.29, 0.717) is 22.6 Å². The first-order valence-electron chi connectivity index (χ1n) is 10.1. The smallest absolute Gasteiger partial charge is 0.338 e. The fourth-order valence-electron chi connectivity index (χ4n) is 3.49. The minimum absolute atomic E-state index is 0.207. The molecule has 1 N–H and O–H groups in total. The van der Waals surface area contributed by atoms with E-state index in [0.717, 1.165) is 36.1 Å². The average Bonchev–Trinajstić information content (AvgIpc) is 3.23. The molecule has 0 fully saturated rings. The van der Waals surface area contributed by atoms with Crippen LogP contribution in [0.4, 0.5) is 11.4 Å². The molecule has 0 unspecified atom stereocenters. The van der Waals surface area contributed by atoms with Gasteiger partial charge >= 0.3 is 11.9 Å². The van der Waals surface area contributed by atoms with E-state index in [2.05, 4.69) is 10.1 Å². The number of methoxy groups -OCH3 is 2. The van der Waals surface area contributed by atoms with E-state index in [1.165, 1.54) is 7.11 Å². The molecule has 4 rings (SSSR count). The highest BCUT2D eigenvalue weighted by Gasteiger charge is 2.20. The van der Waals surface area contributed by atoms with Crippen LogP contribution in [0.5, 0.6) is 5.75 Å². The number of nitrogens with zero attached hydrogens (tertiary/aromatic N) is 1. The van der Waals surface area contributed by atoms with Crippen LogP contribution in [0.1, 0.15) is 20.7 Å². The van der Waals surface area contributed by atoms with Crippen LogP contribution in [0.3, 0.4) is 0 Å². The molecule has 0 aliphatic carbocycles. The topological polar surface area (TPSA) is 147 Å². The minimum Gasteiger partial charge on any atom is -0.495 e. The summed E-state index contributed by atoms with van der Waals surface area (Å²) in [6.45, 7) is -0.698. The summed E-state index contributed by atoms with van der Waals surface area (Å²) in [7, 11) is 2.54. The predicted molar refractivity (Wildman–Crippen MR) is 124 cm³/mol. The van der Waals surface area contributed by atoms with Crippen molar-refractivity contribution in [2.75, 3.05) is 26.1 Å². The molecule has 1 heterocycles. The number of hydrogen-bond donors (Lipinski definition) is 1. The number of anilines is 1. The van der Waals surface area contributed by atoms with Crippen molar-refractivity contribution < 1.29 is 37.9 Å². The maximum absolute atomic E-state index is 12.5. The first-order chi connectivity index (χ1) is 16.8. The van der Waals surface area contributed by atoms with Gasteiger partial charge in [0.15, 0.2) is 6.61 Å². The van der Waals surface area contributed by atoms with Gasteiger partial charge in [-0.25, -0.2) is 9.59 Å². The van der Waals surface area contributed by atoms with E-state index in [1.807, 2.05) is 24.3 Å². The summed E-state index contributed by atoms with van der Waals surface area (Å²) >= 11 is 0. The van der Waals surface area contributed by atoms with Gasteiger partial charge in [0, 0.05) is 29.0 Å². The lowest BCUT2D eigenvalue weighted by Crippen LogP contribution is -2.21. The SMILES string of the molecule is COC(=O)c1cc(C(=O)OCC(=O)Nc2cc3oc4ccccc4c3cc2OC)cc([N+](=O)[O-])c1. The number of nitrogens with one attached hydrogen (secondary N) is 1. The number of nitro benzene ring substituents is 1. The standard InChI is InChI=1S/C24H18N2O9/c1-32-21-10-17-16-5-3-4-6-19(16)35-20(17)11-18(21)25-22(27)12-34-24(29)14-7-13(23(28)33-2)8-15(9-14)26(30)31/h3-11H,12H2,1-2H3,(H,25,27). The van der Waals surface area contributed by atoms with Gasteiger partial charge in [-0.15, -0.1) is 0 Å². The molecule has 4 aromatic rings. The van der Waals surface area contributed by atoms with Gasteiger partial charge in [-0.1, -0.05) is 18.2 Å². The Labute approximate surface area is 197 Å². The van der Waals surface area contributed by atoms with Crippen molar-refractivity contribution in [1.29, 1.82) is 0 Å². The van der Waals surface area contributed by atoms with Gasteiger partial charge in [-0.2, -0.15) is 0 Å². The van der Waals surface area contributed by atoms with Gasteiger partial charge < -0.3 is 23.9 Å². The number of benzene rings is 3. The lowest BCUT2D eigenvalue weighted by molar-refractivity contribution is -0.384. The largest absolute Gasteiger partial charge is 0.495 e. The Morgan fingerprint density at radius 1 is 0.943 bits per heavy atom. The molecule has 1 amide bonds. The molecular weight excluding hydrogens is 460 g/mol. The fraction of sp³-hybridized carbons (Fsp3) is 0.125. The summed E-state index contributed by atoms with van der Waals surface area (Å²) in [5.41, 5.74) is 0.490. The van der Waals surface area contributed by atoms with E-state index < -0.39 is 35.1 Å². The number of nitro groups is 1. The van der Waals surface area contributed by atoms with Crippen LogP contribution in [0.25, 0.3) is 21.9 Å². The third kappa shape index (κ3) is 4.74. The lowest BCUT2D eigenvalue weighted by atomic mass is 10.1. The number of ether oxygens (including phenoxy) is 3. The van der Waals surface area contributed by atoms with Crippen LogP contribution in [-0.4, -0.2) is 43.6 Å². The normalized spacial score (nSPS) is 10.7. The number of non-ortho nitro benzene ring substituents is 1. The van der Waals surface area contributed by atoms with Crippen molar-refractivity contribution in [3.63, 3.8) is 0 Å². The number of esters is 2. The molecule has 0 aliphatic rings. The molecular formula is C24H18N2O9. The van der Waals surface area contributed by atoms with E-state index in [-0.39, 0.29) is 11.1 Å². The quantitative estimate of drug-likeness (QED) is 0.236. The molecule has 0 bridgehead atoms. The third-order valence-electron chi connectivity index (χ3n) is 5.09. The maximum atomic E-state index is 12.5. The Kier molecular flexibility index (Phi) is 6.32. The first-order valence-corrected chi connectivity index (χ1v) is 10.1. The minimum atomic E-state index is -1.03.